The van der Waals surface area contributed by atoms with Gasteiger partial charge in [0, 0.05) is 18.7 Å². The number of rotatable bonds is 8. The van der Waals surface area contributed by atoms with Crippen LogP contribution in [0.1, 0.15) is 18.9 Å². The van der Waals surface area contributed by atoms with E-state index in [0.717, 1.165) is 31.6 Å². The summed E-state index contributed by atoms with van der Waals surface area (Å²) in [4.78, 5) is 28.2. The van der Waals surface area contributed by atoms with E-state index in [0.29, 0.717) is 18.7 Å². The molecule has 3 rings (SSSR count). The lowest BCUT2D eigenvalue weighted by molar-refractivity contribution is -0.118. The van der Waals surface area contributed by atoms with E-state index in [2.05, 4.69) is 15.6 Å². The van der Waals surface area contributed by atoms with Crippen molar-refractivity contribution in [2.75, 3.05) is 18.2 Å². The Morgan fingerprint density at radius 3 is 2.64 bits per heavy atom. The first-order valence-electron chi connectivity index (χ1n) is 8.80. The van der Waals surface area contributed by atoms with E-state index in [9.17, 15) is 9.59 Å². The number of nitrogens with one attached hydrogen (secondary N) is 2. The van der Waals surface area contributed by atoms with Crippen LogP contribution in [0, 0.1) is 0 Å². The molecule has 1 aromatic heterocycles. The first-order chi connectivity index (χ1) is 13.6. The third-order valence-electron chi connectivity index (χ3n) is 3.95. The van der Waals surface area contributed by atoms with Gasteiger partial charge in [0.05, 0.1) is 23.1 Å². The maximum atomic E-state index is 12.1. The summed E-state index contributed by atoms with van der Waals surface area (Å²) in [6, 6.07) is 13.2. The molecule has 3 aromatic rings. The quantitative estimate of drug-likeness (QED) is 0.542. The summed E-state index contributed by atoms with van der Waals surface area (Å²) in [5.41, 5.74) is 2.64. The number of ether oxygens (including phenoxy) is 1. The van der Waals surface area contributed by atoms with Gasteiger partial charge in [0.1, 0.15) is 5.75 Å². The summed E-state index contributed by atoms with van der Waals surface area (Å²) >= 11 is 2.92. The van der Waals surface area contributed by atoms with Gasteiger partial charge in [-0.05, 0) is 35.9 Å². The highest BCUT2D eigenvalue weighted by atomic mass is 32.2. The molecule has 28 heavy (non-hydrogen) atoms. The van der Waals surface area contributed by atoms with E-state index in [-0.39, 0.29) is 11.8 Å². The number of hydrogen-bond acceptors (Lipinski definition) is 6. The van der Waals surface area contributed by atoms with Crippen LogP contribution in [0.5, 0.6) is 5.75 Å². The molecular weight excluding hydrogens is 394 g/mol. The zero-order valence-electron chi connectivity index (χ0n) is 15.7. The van der Waals surface area contributed by atoms with Gasteiger partial charge in [-0.15, -0.1) is 11.3 Å². The van der Waals surface area contributed by atoms with Gasteiger partial charge in [-0.3, -0.25) is 9.59 Å². The summed E-state index contributed by atoms with van der Waals surface area (Å²) in [6.07, 6.45) is 0.438. The van der Waals surface area contributed by atoms with Crippen molar-refractivity contribution in [3.8, 4) is 5.75 Å². The van der Waals surface area contributed by atoms with Crippen molar-refractivity contribution in [3.63, 3.8) is 0 Å². The van der Waals surface area contributed by atoms with Crippen LogP contribution in [0.25, 0.3) is 10.2 Å². The fraction of sp³-hybridized carbons (Fsp3) is 0.250. The Morgan fingerprint density at radius 2 is 1.93 bits per heavy atom. The molecule has 1 heterocycles. The van der Waals surface area contributed by atoms with Crippen LogP contribution >= 0.6 is 23.1 Å². The average molecular weight is 416 g/mol. The van der Waals surface area contributed by atoms with Gasteiger partial charge in [-0.2, -0.15) is 0 Å². The maximum Gasteiger partial charge on any atom is 0.230 e. The second kappa shape index (κ2) is 9.57. The predicted octanol–water partition coefficient (Wildman–Crippen LogP) is 4.06. The van der Waals surface area contributed by atoms with Gasteiger partial charge in [0.2, 0.25) is 11.8 Å². The average Bonchev–Trinajstić information content (AvgIpc) is 3.13. The highest BCUT2D eigenvalue weighted by molar-refractivity contribution is 8.01. The van der Waals surface area contributed by atoms with Crippen LogP contribution in [0.15, 0.2) is 46.8 Å². The molecule has 0 aliphatic heterocycles. The number of fused-ring (bicyclic) bond motifs is 1. The standard InChI is InChI=1S/C20H21N3O3S2/c1-3-18(24)22-14-6-9-16-17(10-14)28-20(23-16)27-12-19(25)21-11-13-4-7-15(26-2)8-5-13/h4-10H,3,11-12H2,1-2H3,(H,21,25)(H,22,24). The van der Waals surface area contributed by atoms with Crippen LogP contribution in [-0.2, 0) is 16.1 Å². The molecule has 0 unspecified atom stereocenters. The monoisotopic (exact) mass is 415 g/mol. The molecule has 0 atom stereocenters. The van der Waals surface area contributed by atoms with Gasteiger partial charge < -0.3 is 15.4 Å². The van der Waals surface area contributed by atoms with Gasteiger partial charge in [0.15, 0.2) is 4.34 Å². The van der Waals surface area contributed by atoms with Crippen LogP contribution in [-0.4, -0.2) is 29.7 Å². The lowest BCUT2D eigenvalue weighted by atomic mass is 10.2. The number of thiazole rings is 1. The molecule has 2 amide bonds. The third kappa shape index (κ3) is 5.46. The Balaban J connectivity index is 1.52. The number of aromatic nitrogens is 1. The minimum absolute atomic E-state index is 0.0213. The molecule has 0 aliphatic rings. The second-order valence-corrected chi connectivity index (χ2v) is 8.23. The Morgan fingerprint density at radius 1 is 1.14 bits per heavy atom. The van der Waals surface area contributed by atoms with E-state index in [1.165, 1.54) is 23.1 Å². The highest BCUT2D eigenvalue weighted by Crippen LogP contribution is 2.31. The van der Waals surface area contributed by atoms with Crippen molar-refractivity contribution in [1.29, 1.82) is 0 Å². The van der Waals surface area contributed by atoms with Gasteiger partial charge in [0.25, 0.3) is 0 Å². The summed E-state index contributed by atoms with van der Waals surface area (Å²) in [6.45, 7) is 2.29. The molecule has 146 valence electrons. The molecule has 0 aliphatic carbocycles. The molecule has 0 bridgehead atoms. The summed E-state index contributed by atoms with van der Waals surface area (Å²) in [7, 11) is 1.62. The van der Waals surface area contributed by atoms with Gasteiger partial charge in [-0.25, -0.2) is 4.98 Å². The van der Waals surface area contributed by atoms with Crippen molar-refractivity contribution in [2.45, 2.75) is 24.2 Å². The predicted molar refractivity (Wildman–Crippen MR) is 114 cm³/mol. The highest BCUT2D eigenvalue weighted by Gasteiger charge is 2.09. The van der Waals surface area contributed by atoms with E-state index in [1.54, 1.807) is 7.11 Å². The van der Waals surface area contributed by atoms with Gasteiger partial charge >= 0.3 is 0 Å². The Kier molecular flexibility index (Phi) is 6.89. The van der Waals surface area contributed by atoms with Crippen molar-refractivity contribution >= 4 is 50.8 Å². The SMILES string of the molecule is CCC(=O)Nc1ccc2nc(SCC(=O)NCc3ccc(OC)cc3)sc2c1. The number of carbonyl (C=O) groups is 2. The van der Waals surface area contributed by atoms with E-state index in [1.807, 2.05) is 49.4 Å². The summed E-state index contributed by atoms with van der Waals surface area (Å²) < 4.78 is 6.93. The molecule has 6 nitrogen and oxygen atoms in total. The van der Waals surface area contributed by atoms with E-state index < -0.39 is 0 Å². The molecule has 8 heteroatoms. The molecule has 0 saturated carbocycles. The minimum atomic E-state index is -0.0454. The lowest BCUT2D eigenvalue weighted by Crippen LogP contribution is -2.24. The Hall–Kier alpha value is -2.58. The first-order valence-corrected chi connectivity index (χ1v) is 10.6. The third-order valence-corrected chi connectivity index (χ3v) is 6.11. The van der Waals surface area contributed by atoms with Crippen LogP contribution in [0.3, 0.4) is 0 Å². The smallest absolute Gasteiger partial charge is 0.230 e. The van der Waals surface area contributed by atoms with E-state index >= 15 is 0 Å². The van der Waals surface area contributed by atoms with Gasteiger partial charge in [-0.1, -0.05) is 30.8 Å². The zero-order valence-corrected chi connectivity index (χ0v) is 17.3. The van der Waals surface area contributed by atoms with Crippen molar-refractivity contribution in [1.82, 2.24) is 10.3 Å². The molecule has 0 saturated heterocycles. The number of carbonyl (C=O) groups excluding carboxylic acids is 2. The molecule has 0 radical (unpaired) electrons. The zero-order chi connectivity index (χ0) is 19.9. The second-order valence-electron chi connectivity index (χ2n) is 5.98. The minimum Gasteiger partial charge on any atom is -0.497 e. The van der Waals surface area contributed by atoms with Crippen molar-refractivity contribution in [3.05, 3.63) is 48.0 Å². The molecule has 2 aromatic carbocycles. The molecular formula is C20H21N3O3S2. The number of benzene rings is 2. The molecule has 2 N–H and O–H groups in total. The molecule has 0 fully saturated rings. The largest absolute Gasteiger partial charge is 0.497 e. The topological polar surface area (TPSA) is 80.3 Å². The van der Waals surface area contributed by atoms with Crippen LogP contribution in [0.2, 0.25) is 0 Å². The number of anilines is 1. The maximum absolute atomic E-state index is 12.1. The van der Waals surface area contributed by atoms with Crippen molar-refractivity contribution < 1.29 is 14.3 Å². The summed E-state index contributed by atoms with van der Waals surface area (Å²) in [5.74, 6) is 1.02. The van der Waals surface area contributed by atoms with Crippen molar-refractivity contribution in [2.24, 2.45) is 0 Å². The van der Waals surface area contributed by atoms with Crippen LogP contribution in [0.4, 0.5) is 5.69 Å². The van der Waals surface area contributed by atoms with Crippen LogP contribution < -0.4 is 15.4 Å². The number of nitrogens with zero attached hydrogens (tertiary/aromatic N) is 1. The number of amides is 2. The molecule has 0 spiro atoms. The fourth-order valence-electron chi connectivity index (χ4n) is 2.41. The lowest BCUT2D eigenvalue weighted by Gasteiger charge is -2.05. The normalized spacial score (nSPS) is 10.6. The Bertz CT molecular complexity index is 970. The fourth-order valence-corrected chi connectivity index (χ4v) is 4.35. The number of thioether (sulfide) groups is 1. The number of hydrogen-bond donors (Lipinski definition) is 2. The summed E-state index contributed by atoms with van der Waals surface area (Å²) in [5, 5.41) is 5.75. The number of methoxy groups -OCH3 is 1. The Labute approximate surface area is 171 Å². The first kappa shape index (κ1) is 20.2. The van der Waals surface area contributed by atoms with E-state index in [4.69, 9.17) is 4.74 Å².